The Hall–Kier alpha value is -2.42. The summed E-state index contributed by atoms with van der Waals surface area (Å²) in [4.78, 5) is 4.54. The van der Waals surface area contributed by atoms with E-state index in [1.54, 1.807) is 12.1 Å². The van der Waals surface area contributed by atoms with Crippen molar-refractivity contribution in [2.75, 3.05) is 5.73 Å². The maximum absolute atomic E-state index is 9.19. The topological polar surface area (TPSA) is 82.9 Å². The molecular weight excluding hydrogens is 270 g/mol. The number of thiazole rings is 1. The van der Waals surface area contributed by atoms with Crippen LogP contribution < -0.4 is 5.73 Å². The van der Waals surface area contributed by atoms with Crippen LogP contribution in [-0.4, -0.2) is 10.1 Å². The molecule has 0 saturated heterocycles. The molecule has 0 unspecified atom stereocenters. The molecule has 20 heavy (non-hydrogen) atoms. The van der Waals surface area contributed by atoms with Gasteiger partial charge in [-0.05, 0) is 23.8 Å². The van der Waals surface area contributed by atoms with Gasteiger partial charge < -0.3 is 10.8 Å². The van der Waals surface area contributed by atoms with Gasteiger partial charge >= 0.3 is 0 Å². The molecule has 3 N–H and O–H groups in total. The van der Waals surface area contributed by atoms with Gasteiger partial charge in [0.15, 0.2) is 0 Å². The van der Waals surface area contributed by atoms with Crippen molar-refractivity contribution in [3.8, 4) is 16.6 Å². The molecule has 0 amide bonds. The van der Waals surface area contributed by atoms with Crippen LogP contribution in [0.3, 0.4) is 0 Å². The molecule has 0 spiro atoms. The van der Waals surface area contributed by atoms with Crippen molar-refractivity contribution >= 4 is 27.2 Å². The van der Waals surface area contributed by atoms with Crippen LogP contribution in [0.1, 0.15) is 11.1 Å². The second-order valence-electron chi connectivity index (χ2n) is 4.40. The number of fused-ring (bicyclic) bond motifs is 1. The van der Waals surface area contributed by atoms with Gasteiger partial charge in [0.2, 0.25) is 0 Å². The van der Waals surface area contributed by atoms with Gasteiger partial charge in [-0.15, -0.1) is 11.3 Å². The molecule has 3 rings (SSSR count). The Balaban J connectivity index is 2.18. The summed E-state index contributed by atoms with van der Waals surface area (Å²) in [6.07, 6.45) is 0. The number of nitrogen functional groups attached to an aromatic ring is 1. The van der Waals surface area contributed by atoms with Crippen LogP contribution in [0.15, 0.2) is 36.4 Å². The molecule has 2 aromatic carbocycles. The van der Waals surface area contributed by atoms with Gasteiger partial charge in [0.05, 0.1) is 28.6 Å². The molecule has 1 heterocycles. The second kappa shape index (κ2) is 4.93. The minimum absolute atomic E-state index is 0.000541. The van der Waals surface area contributed by atoms with Crippen molar-refractivity contribution in [2.24, 2.45) is 0 Å². The number of aliphatic hydroxyl groups is 1. The molecule has 0 aliphatic rings. The Bertz CT molecular complexity index is 833. The lowest BCUT2D eigenvalue weighted by Gasteiger charge is -1.99. The van der Waals surface area contributed by atoms with Gasteiger partial charge in [-0.25, -0.2) is 4.98 Å². The van der Waals surface area contributed by atoms with Crippen molar-refractivity contribution in [2.45, 2.75) is 6.61 Å². The molecular formula is C15H11N3OS. The van der Waals surface area contributed by atoms with Crippen molar-refractivity contribution < 1.29 is 5.11 Å². The number of hydrogen-bond donors (Lipinski definition) is 2. The molecule has 0 fully saturated rings. The first kappa shape index (κ1) is 12.6. The van der Waals surface area contributed by atoms with Crippen LogP contribution in [-0.2, 0) is 6.61 Å². The number of rotatable bonds is 2. The number of nitrogens with two attached hydrogens (primary N) is 1. The summed E-state index contributed by atoms with van der Waals surface area (Å²) in [6.45, 7) is -0.000541. The van der Waals surface area contributed by atoms with E-state index in [2.05, 4.69) is 11.1 Å². The fourth-order valence-corrected chi connectivity index (χ4v) is 3.08. The fourth-order valence-electron chi connectivity index (χ4n) is 2.05. The number of nitriles is 1. The minimum atomic E-state index is -0.000541. The largest absolute Gasteiger partial charge is 0.397 e. The van der Waals surface area contributed by atoms with E-state index in [0.29, 0.717) is 11.3 Å². The van der Waals surface area contributed by atoms with E-state index >= 15 is 0 Å². The Morgan fingerprint density at radius 3 is 2.90 bits per heavy atom. The Morgan fingerprint density at radius 1 is 1.30 bits per heavy atom. The highest BCUT2D eigenvalue weighted by molar-refractivity contribution is 7.21. The maximum Gasteiger partial charge on any atom is 0.124 e. The number of hydrogen-bond acceptors (Lipinski definition) is 5. The van der Waals surface area contributed by atoms with E-state index < -0.39 is 0 Å². The standard InChI is InChI=1S/C15H11N3OS/c16-7-10-5-12(17)14-13(6-10)20-15(18-14)11-3-1-2-9(4-11)8-19/h1-6,19H,8,17H2. The number of aromatic nitrogens is 1. The summed E-state index contributed by atoms with van der Waals surface area (Å²) in [5.41, 5.74) is 9.48. The first-order valence-corrected chi connectivity index (χ1v) is 6.83. The minimum Gasteiger partial charge on any atom is -0.397 e. The summed E-state index contributed by atoms with van der Waals surface area (Å²) in [6, 6.07) is 13.1. The summed E-state index contributed by atoms with van der Waals surface area (Å²) in [7, 11) is 0. The van der Waals surface area contributed by atoms with Crippen LogP contribution in [0, 0.1) is 11.3 Å². The van der Waals surface area contributed by atoms with Gasteiger partial charge in [0.1, 0.15) is 10.5 Å². The molecule has 0 radical (unpaired) electrons. The molecule has 0 bridgehead atoms. The number of benzene rings is 2. The number of aliphatic hydroxyl groups excluding tert-OH is 1. The highest BCUT2D eigenvalue weighted by Crippen LogP contribution is 2.33. The third kappa shape index (κ3) is 2.11. The maximum atomic E-state index is 9.19. The van der Waals surface area contributed by atoms with Crippen LogP contribution in [0.4, 0.5) is 5.69 Å². The summed E-state index contributed by atoms with van der Waals surface area (Å²) in [5, 5.41) is 19.0. The molecule has 4 nitrogen and oxygen atoms in total. The molecule has 5 heteroatoms. The van der Waals surface area contributed by atoms with Crippen molar-refractivity contribution in [3.05, 3.63) is 47.5 Å². The number of nitrogens with zero attached hydrogens (tertiary/aromatic N) is 2. The third-order valence-electron chi connectivity index (χ3n) is 3.01. The van der Waals surface area contributed by atoms with Crippen molar-refractivity contribution in [1.82, 2.24) is 4.98 Å². The van der Waals surface area contributed by atoms with Crippen LogP contribution in [0.5, 0.6) is 0 Å². The molecule has 98 valence electrons. The van der Waals surface area contributed by atoms with E-state index in [9.17, 15) is 5.11 Å². The van der Waals surface area contributed by atoms with Gasteiger partial charge in [-0.1, -0.05) is 18.2 Å². The Labute approximate surface area is 119 Å². The van der Waals surface area contributed by atoms with Crippen molar-refractivity contribution in [1.29, 1.82) is 5.26 Å². The summed E-state index contributed by atoms with van der Waals surface area (Å²) in [5.74, 6) is 0. The normalized spacial score (nSPS) is 10.6. The highest BCUT2D eigenvalue weighted by Gasteiger charge is 2.10. The molecule has 0 aliphatic heterocycles. The van der Waals surface area contributed by atoms with E-state index in [1.165, 1.54) is 11.3 Å². The molecule has 3 aromatic rings. The average molecular weight is 281 g/mol. The number of anilines is 1. The Morgan fingerprint density at radius 2 is 2.15 bits per heavy atom. The van der Waals surface area contributed by atoms with Crippen molar-refractivity contribution in [3.63, 3.8) is 0 Å². The van der Waals surface area contributed by atoms with E-state index in [-0.39, 0.29) is 6.61 Å². The fraction of sp³-hybridized carbons (Fsp3) is 0.0667. The first-order valence-electron chi connectivity index (χ1n) is 6.01. The second-order valence-corrected chi connectivity index (χ2v) is 5.43. The van der Waals surface area contributed by atoms with E-state index in [0.717, 1.165) is 26.4 Å². The van der Waals surface area contributed by atoms with E-state index in [1.807, 2.05) is 24.3 Å². The van der Waals surface area contributed by atoms with Gasteiger partial charge in [0, 0.05) is 5.56 Å². The lowest BCUT2D eigenvalue weighted by molar-refractivity contribution is 0.282. The zero-order valence-corrected chi connectivity index (χ0v) is 11.3. The van der Waals surface area contributed by atoms with Gasteiger partial charge in [-0.3, -0.25) is 0 Å². The molecule has 0 aliphatic carbocycles. The quantitative estimate of drug-likeness (QED) is 0.707. The SMILES string of the molecule is N#Cc1cc(N)c2nc(-c3cccc(CO)c3)sc2c1. The van der Waals surface area contributed by atoms with E-state index in [4.69, 9.17) is 11.0 Å². The lowest BCUT2D eigenvalue weighted by Crippen LogP contribution is -1.88. The van der Waals surface area contributed by atoms with Gasteiger partial charge in [0.25, 0.3) is 0 Å². The predicted molar refractivity (Wildman–Crippen MR) is 80.1 cm³/mol. The first-order chi connectivity index (χ1) is 9.71. The zero-order chi connectivity index (χ0) is 14.1. The highest BCUT2D eigenvalue weighted by atomic mass is 32.1. The summed E-state index contributed by atoms with van der Waals surface area (Å²) >= 11 is 1.49. The van der Waals surface area contributed by atoms with Crippen LogP contribution in [0.25, 0.3) is 20.8 Å². The predicted octanol–water partition coefficient (Wildman–Crippen LogP) is 2.91. The molecule has 1 aromatic heterocycles. The third-order valence-corrected chi connectivity index (χ3v) is 4.06. The lowest BCUT2D eigenvalue weighted by atomic mass is 10.1. The smallest absolute Gasteiger partial charge is 0.124 e. The average Bonchev–Trinajstić information content (AvgIpc) is 2.92. The molecule has 0 atom stereocenters. The molecule has 0 saturated carbocycles. The Kier molecular flexibility index (Phi) is 3.11. The van der Waals surface area contributed by atoms with Gasteiger partial charge in [-0.2, -0.15) is 5.26 Å². The zero-order valence-electron chi connectivity index (χ0n) is 10.5. The monoisotopic (exact) mass is 281 g/mol. The van der Waals surface area contributed by atoms with Crippen LogP contribution >= 0.6 is 11.3 Å². The van der Waals surface area contributed by atoms with Crippen LogP contribution in [0.2, 0.25) is 0 Å². The summed E-state index contributed by atoms with van der Waals surface area (Å²) < 4.78 is 0.894.